The minimum atomic E-state index is 0.0454. The molecule has 0 saturated heterocycles. The Morgan fingerprint density at radius 2 is 2.00 bits per heavy atom. The molecule has 1 atom stereocenters. The van der Waals surface area contributed by atoms with Crippen molar-refractivity contribution >= 4 is 0 Å². The zero-order chi connectivity index (χ0) is 12.3. The van der Waals surface area contributed by atoms with Gasteiger partial charge in [-0.3, -0.25) is 4.68 Å². The molecule has 0 radical (unpaired) electrons. The SMILES string of the molecule is Cc1nn(C)c(C)c1CC(N)COC(C)C. The minimum Gasteiger partial charge on any atom is -0.377 e. The number of aromatic nitrogens is 2. The lowest BCUT2D eigenvalue weighted by atomic mass is 10.1. The topological polar surface area (TPSA) is 53.1 Å². The summed E-state index contributed by atoms with van der Waals surface area (Å²) in [5.74, 6) is 0. The van der Waals surface area contributed by atoms with Gasteiger partial charge < -0.3 is 10.5 Å². The normalized spacial score (nSPS) is 13.4. The number of hydrogen-bond donors (Lipinski definition) is 1. The molecule has 16 heavy (non-hydrogen) atoms. The van der Waals surface area contributed by atoms with Gasteiger partial charge in [0.05, 0.1) is 18.4 Å². The van der Waals surface area contributed by atoms with Gasteiger partial charge in [0.15, 0.2) is 0 Å². The fraction of sp³-hybridized carbons (Fsp3) is 0.750. The predicted molar refractivity (Wildman–Crippen MR) is 65.4 cm³/mol. The highest BCUT2D eigenvalue weighted by Gasteiger charge is 2.13. The Balaban J connectivity index is 2.59. The van der Waals surface area contributed by atoms with Crippen LogP contribution in [0, 0.1) is 13.8 Å². The van der Waals surface area contributed by atoms with Gasteiger partial charge in [-0.15, -0.1) is 0 Å². The second kappa shape index (κ2) is 5.46. The minimum absolute atomic E-state index is 0.0454. The highest BCUT2D eigenvalue weighted by atomic mass is 16.5. The third-order valence-corrected chi connectivity index (χ3v) is 2.77. The van der Waals surface area contributed by atoms with E-state index in [0.29, 0.717) is 6.61 Å². The van der Waals surface area contributed by atoms with Crippen LogP contribution >= 0.6 is 0 Å². The van der Waals surface area contributed by atoms with E-state index in [2.05, 4.69) is 12.0 Å². The van der Waals surface area contributed by atoms with Gasteiger partial charge >= 0.3 is 0 Å². The van der Waals surface area contributed by atoms with Crippen molar-refractivity contribution in [1.82, 2.24) is 9.78 Å². The Kier molecular flexibility index (Phi) is 4.50. The lowest BCUT2D eigenvalue weighted by Crippen LogP contribution is -2.30. The molecule has 0 bridgehead atoms. The molecule has 0 aliphatic carbocycles. The number of nitrogens with two attached hydrogens (primary N) is 1. The average molecular weight is 225 g/mol. The van der Waals surface area contributed by atoms with E-state index in [1.54, 1.807) is 0 Å². The van der Waals surface area contributed by atoms with Crippen molar-refractivity contribution in [3.63, 3.8) is 0 Å². The van der Waals surface area contributed by atoms with E-state index in [1.165, 1.54) is 11.3 Å². The van der Waals surface area contributed by atoms with Crippen LogP contribution in [0.15, 0.2) is 0 Å². The predicted octanol–water partition coefficient (Wildman–Crippen LogP) is 1.33. The molecule has 1 heterocycles. The Labute approximate surface area is 97.8 Å². The van der Waals surface area contributed by atoms with Crippen LogP contribution in [0.3, 0.4) is 0 Å². The molecule has 1 unspecified atom stereocenters. The van der Waals surface area contributed by atoms with E-state index in [-0.39, 0.29) is 12.1 Å². The molecule has 4 nitrogen and oxygen atoms in total. The van der Waals surface area contributed by atoms with Gasteiger partial charge in [0.1, 0.15) is 0 Å². The molecular weight excluding hydrogens is 202 g/mol. The molecule has 0 aromatic carbocycles. The summed E-state index contributed by atoms with van der Waals surface area (Å²) in [5, 5.41) is 4.38. The van der Waals surface area contributed by atoms with E-state index in [4.69, 9.17) is 10.5 Å². The average Bonchev–Trinajstić information content (AvgIpc) is 2.42. The number of ether oxygens (including phenoxy) is 1. The maximum absolute atomic E-state index is 6.04. The van der Waals surface area contributed by atoms with E-state index in [0.717, 1.165) is 12.1 Å². The Morgan fingerprint density at radius 3 is 2.44 bits per heavy atom. The van der Waals surface area contributed by atoms with E-state index >= 15 is 0 Å². The highest BCUT2D eigenvalue weighted by molar-refractivity contribution is 5.25. The molecule has 92 valence electrons. The number of rotatable bonds is 5. The first-order chi connectivity index (χ1) is 7.41. The third kappa shape index (κ3) is 3.32. The van der Waals surface area contributed by atoms with Crippen LogP contribution in [-0.2, 0) is 18.2 Å². The van der Waals surface area contributed by atoms with Crippen LogP contribution in [0.5, 0.6) is 0 Å². The van der Waals surface area contributed by atoms with Gasteiger partial charge in [0.25, 0.3) is 0 Å². The fourth-order valence-electron chi connectivity index (χ4n) is 1.75. The molecule has 4 heteroatoms. The maximum atomic E-state index is 6.04. The Hall–Kier alpha value is -0.870. The summed E-state index contributed by atoms with van der Waals surface area (Å²) in [6.07, 6.45) is 1.07. The number of nitrogens with zero attached hydrogens (tertiary/aromatic N) is 2. The summed E-state index contributed by atoms with van der Waals surface area (Å²) >= 11 is 0. The molecule has 0 fully saturated rings. The van der Waals surface area contributed by atoms with Crippen LogP contribution in [-0.4, -0.2) is 28.5 Å². The zero-order valence-corrected chi connectivity index (χ0v) is 10.9. The molecular formula is C12H23N3O. The molecule has 0 aliphatic heterocycles. The van der Waals surface area contributed by atoms with Crippen LogP contribution in [0.2, 0.25) is 0 Å². The molecule has 2 N–H and O–H groups in total. The molecule has 0 aliphatic rings. The van der Waals surface area contributed by atoms with Crippen molar-refractivity contribution in [1.29, 1.82) is 0 Å². The Bertz CT molecular complexity index is 344. The van der Waals surface area contributed by atoms with Crippen molar-refractivity contribution in [2.45, 2.75) is 46.3 Å². The summed E-state index contributed by atoms with van der Waals surface area (Å²) in [5.41, 5.74) is 9.55. The van der Waals surface area contributed by atoms with Gasteiger partial charge in [-0.05, 0) is 39.7 Å². The quantitative estimate of drug-likeness (QED) is 0.822. The molecule has 1 aromatic heterocycles. The van der Waals surface area contributed by atoms with Crippen LogP contribution < -0.4 is 5.73 Å². The summed E-state index contributed by atoms with van der Waals surface area (Å²) in [6, 6.07) is 0.0454. The maximum Gasteiger partial charge on any atom is 0.0628 e. The van der Waals surface area contributed by atoms with Crippen molar-refractivity contribution in [3.05, 3.63) is 17.0 Å². The van der Waals surface area contributed by atoms with Gasteiger partial charge in [-0.1, -0.05) is 0 Å². The molecule has 0 amide bonds. The van der Waals surface area contributed by atoms with Crippen molar-refractivity contribution in [3.8, 4) is 0 Å². The lowest BCUT2D eigenvalue weighted by molar-refractivity contribution is 0.0683. The van der Waals surface area contributed by atoms with Gasteiger partial charge in [-0.25, -0.2) is 0 Å². The molecule has 0 saturated carbocycles. The van der Waals surface area contributed by atoms with E-state index < -0.39 is 0 Å². The second-order valence-electron chi connectivity index (χ2n) is 4.62. The van der Waals surface area contributed by atoms with Crippen molar-refractivity contribution in [2.75, 3.05) is 6.61 Å². The number of aryl methyl sites for hydroxylation is 2. The van der Waals surface area contributed by atoms with Crippen LogP contribution in [0.4, 0.5) is 0 Å². The first-order valence-electron chi connectivity index (χ1n) is 5.78. The van der Waals surface area contributed by atoms with Gasteiger partial charge in [0, 0.05) is 18.8 Å². The fourth-order valence-corrected chi connectivity index (χ4v) is 1.75. The second-order valence-corrected chi connectivity index (χ2v) is 4.62. The van der Waals surface area contributed by atoms with Gasteiger partial charge in [0.2, 0.25) is 0 Å². The monoisotopic (exact) mass is 225 g/mol. The van der Waals surface area contributed by atoms with Crippen molar-refractivity contribution in [2.24, 2.45) is 12.8 Å². The van der Waals surface area contributed by atoms with Crippen molar-refractivity contribution < 1.29 is 4.74 Å². The van der Waals surface area contributed by atoms with Gasteiger partial charge in [-0.2, -0.15) is 5.10 Å². The zero-order valence-electron chi connectivity index (χ0n) is 10.9. The first kappa shape index (κ1) is 13.2. The standard InChI is InChI=1S/C12H23N3O/c1-8(2)16-7-11(13)6-12-9(3)14-15(5)10(12)4/h8,11H,6-7,13H2,1-5H3. The Morgan fingerprint density at radius 1 is 1.38 bits per heavy atom. The van der Waals surface area contributed by atoms with Crippen LogP contribution in [0.1, 0.15) is 30.8 Å². The summed E-state index contributed by atoms with van der Waals surface area (Å²) in [6.45, 7) is 8.75. The lowest BCUT2D eigenvalue weighted by Gasteiger charge is -2.14. The summed E-state index contributed by atoms with van der Waals surface area (Å²) in [7, 11) is 1.96. The first-order valence-corrected chi connectivity index (χ1v) is 5.78. The van der Waals surface area contributed by atoms with Crippen LogP contribution in [0.25, 0.3) is 0 Å². The largest absolute Gasteiger partial charge is 0.377 e. The van der Waals surface area contributed by atoms with E-state index in [1.807, 2.05) is 32.5 Å². The highest BCUT2D eigenvalue weighted by Crippen LogP contribution is 2.13. The molecule has 1 aromatic rings. The smallest absolute Gasteiger partial charge is 0.0628 e. The third-order valence-electron chi connectivity index (χ3n) is 2.77. The summed E-state index contributed by atoms with van der Waals surface area (Å²) < 4.78 is 7.41. The molecule has 1 rings (SSSR count). The number of hydrogen-bond acceptors (Lipinski definition) is 3. The summed E-state index contributed by atoms with van der Waals surface area (Å²) in [4.78, 5) is 0. The molecule has 0 spiro atoms. The van der Waals surface area contributed by atoms with E-state index in [9.17, 15) is 0 Å².